The average molecular weight is 315 g/mol. The minimum Gasteiger partial charge on any atom is -0.465 e. The molecule has 110 valence electrons. The number of nitrogens with one attached hydrogen (secondary N) is 2. The largest absolute Gasteiger partial charge is 0.465 e. The third-order valence-electron chi connectivity index (χ3n) is 2.87. The molecule has 0 aliphatic rings. The lowest BCUT2D eigenvalue weighted by Gasteiger charge is -2.07. The molecular weight excluding hydrogens is 298 g/mol. The number of thiazole rings is 1. The molecule has 0 radical (unpaired) electrons. The molecule has 2 N–H and O–H groups in total. The zero-order valence-corrected chi connectivity index (χ0v) is 13.2. The van der Waals surface area contributed by atoms with Crippen molar-refractivity contribution in [1.29, 1.82) is 0 Å². The van der Waals surface area contributed by atoms with E-state index >= 15 is 0 Å². The second-order valence-electron chi connectivity index (χ2n) is 4.36. The summed E-state index contributed by atoms with van der Waals surface area (Å²) >= 11 is 1.43. The van der Waals surface area contributed by atoms with Gasteiger partial charge in [-0.05, 0) is 20.9 Å². The molecule has 0 aliphatic carbocycles. The molecule has 2 rings (SSSR count). The molecule has 6 nitrogen and oxygen atoms in total. The Labute approximate surface area is 122 Å². The number of rotatable bonds is 6. The average Bonchev–Trinajstić information content (AvgIpc) is 2.97. The number of aryl methyl sites for hydroxylation is 2. The Bertz CT molecular complexity index is 675. The van der Waals surface area contributed by atoms with Crippen molar-refractivity contribution in [3.63, 3.8) is 0 Å². The van der Waals surface area contributed by atoms with Gasteiger partial charge in [0.15, 0.2) is 0 Å². The van der Waals surface area contributed by atoms with E-state index in [-0.39, 0.29) is 11.4 Å². The molecule has 2 aromatic heterocycles. The number of aromatic nitrogens is 1. The minimum absolute atomic E-state index is 0.175. The molecular formula is C12H17N3O3S2. The van der Waals surface area contributed by atoms with E-state index in [0.717, 1.165) is 0 Å². The zero-order valence-electron chi connectivity index (χ0n) is 11.6. The Morgan fingerprint density at radius 1 is 1.30 bits per heavy atom. The highest BCUT2D eigenvalue weighted by molar-refractivity contribution is 7.89. The van der Waals surface area contributed by atoms with Gasteiger partial charge in [0, 0.05) is 17.5 Å². The number of sulfonamides is 1. The molecule has 2 heterocycles. The van der Waals surface area contributed by atoms with Crippen LogP contribution in [-0.4, -0.2) is 20.4 Å². The number of hydrogen-bond donors (Lipinski definition) is 2. The summed E-state index contributed by atoms with van der Waals surface area (Å²) in [4.78, 5) is 4.28. The molecule has 2 aromatic rings. The van der Waals surface area contributed by atoms with Gasteiger partial charge in [-0.2, -0.15) is 0 Å². The van der Waals surface area contributed by atoms with Crippen LogP contribution in [0.5, 0.6) is 0 Å². The van der Waals surface area contributed by atoms with Gasteiger partial charge in [0.05, 0.1) is 17.7 Å². The first kappa shape index (κ1) is 15.2. The molecule has 0 unspecified atom stereocenters. The fourth-order valence-corrected chi connectivity index (χ4v) is 4.01. The topological polar surface area (TPSA) is 84.2 Å². The van der Waals surface area contributed by atoms with Crippen molar-refractivity contribution in [2.75, 3.05) is 7.05 Å². The molecule has 0 aliphatic heterocycles. The molecule has 0 spiro atoms. The molecule has 0 atom stereocenters. The Morgan fingerprint density at radius 3 is 2.65 bits per heavy atom. The van der Waals surface area contributed by atoms with E-state index in [1.807, 2.05) is 5.38 Å². The SMILES string of the molecule is CNCc1c(C)oc(C)c1S(=O)(=O)NCc1cscn1. The van der Waals surface area contributed by atoms with Gasteiger partial charge < -0.3 is 9.73 Å². The van der Waals surface area contributed by atoms with Gasteiger partial charge in [-0.25, -0.2) is 18.1 Å². The highest BCUT2D eigenvalue weighted by Gasteiger charge is 2.26. The monoisotopic (exact) mass is 315 g/mol. The van der Waals surface area contributed by atoms with Crippen LogP contribution in [0.15, 0.2) is 20.2 Å². The van der Waals surface area contributed by atoms with Gasteiger partial charge in [-0.15, -0.1) is 11.3 Å². The van der Waals surface area contributed by atoms with Gasteiger partial charge >= 0.3 is 0 Å². The van der Waals surface area contributed by atoms with Crippen molar-refractivity contribution in [3.05, 3.63) is 33.7 Å². The summed E-state index contributed by atoms with van der Waals surface area (Å²) in [5.74, 6) is 1.02. The first-order chi connectivity index (χ1) is 9.45. The van der Waals surface area contributed by atoms with E-state index in [2.05, 4.69) is 15.0 Å². The van der Waals surface area contributed by atoms with Crippen LogP contribution in [0.25, 0.3) is 0 Å². The summed E-state index contributed by atoms with van der Waals surface area (Å²) < 4.78 is 32.9. The molecule has 0 saturated heterocycles. The maximum absolute atomic E-state index is 12.4. The van der Waals surface area contributed by atoms with Crippen LogP contribution in [0.2, 0.25) is 0 Å². The zero-order chi connectivity index (χ0) is 14.8. The molecule has 0 bridgehead atoms. The molecule has 0 aromatic carbocycles. The lowest BCUT2D eigenvalue weighted by Crippen LogP contribution is -2.25. The van der Waals surface area contributed by atoms with E-state index in [9.17, 15) is 8.42 Å². The quantitative estimate of drug-likeness (QED) is 0.845. The fraction of sp³-hybridized carbons (Fsp3) is 0.417. The fourth-order valence-electron chi connectivity index (χ4n) is 2.01. The summed E-state index contributed by atoms with van der Waals surface area (Å²) in [6.07, 6.45) is 0. The van der Waals surface area contributed by atoms with Gasteiger partial charge in [0.1, 0.15) is 16.4 Å². The molecule has 20 heavy (non-hydrogen) atoms. The maximum Gasteiger partial charge on any atom is 0.244 e. The van der Waals surface area contributed by atoms with E-state index in [1.54, 1.807) is 26.4 Å². The van der Waals surface area contributed by atoms with Crippen molar-refractivity contribution < 1.29 is 12.8 Å². The molecule has 0 saturated carbocycles. The number of nitrogens with zero attached hydrogens (tertiary/aromatic N) is 1. The number of hydrogen-bond acceptors (Lipinski definition) is 6. The van der Waals surface area contributed by atoms with Crippen molar-refractivity contribution >= 4 is 21.4 Å². The van der Waals surface area contributed by atoms with E-state index in [4.69, 9.17) is 4.42 Å². The van der Waals surface area contributed by atoms with Crippen molar-refractivity contribution in [2.45, 2.75) is 31.8 Å². The Hall–Kier alpha value is -1.22. The van der Waals surface area contributed by atoms with E-state index in [0.29, 0.717) is 29.3 Å². The predicted octanol–water partition coefficient (Wildman–Crippen LogP) is 1.55. The summed E-state index contributed by atoms with van der Waals surface area (Å²) in [6.45, 7) is 4.04. The summed E-state index contributed by atoms with van der Waals surface area (Å²) in [5.41, 5.74) is 3.03. The van der Waals surface area contributed by atoms with Gasteiger partial charge in [0.25, 0.3) is 0 Å². The third kappa shape index (κ3) is 3.09. The van der Waals surface area contributed by atoms with E-state index in [1.165, 1.54) is 11.3 Å². The van der Waals surface area contributed by atoms with Gasteiger partial charge in [-0.1, -0.05) is 0 Å². The smallest absolute Gasteiger partial charge is 0.244 e. The standard InChI is InChI=1S/C12H17N3O3S2/c1-8-11(5-13-3)12(9(2)18-8)20(16,17)15-4-10-6-19-7-14-10/h6-7,13,15H,4-5H2,1-3H3. The van der Waals surface area contributed by atoms with Crippen LogP contribution in [0, 0.1) is 13.8 Å². The van der Waals surface area contributed by atoms with Crippen LogP contribution in [-0.2, 0) is 23.1 Å². The number of furan rings is 1. The Morgan fingerprint density at radius 2 is 2.05 bits per heavy atom. The highest BCUT2D eigenvalue weighted by atomic mass is 32.2. The van der Waals surface area contributed by atoms with Crippen LogP contribution in [0.1, 0.15) is 22.8 Å². The van der Waals surface area contributed by atoms with E-state index < -0.39 is 10.0 Å². The second kappa shape index (κ2) is 6.04. The first-order valence-electron chi connectivity index (χ1n) is 6.06. The maximum atomic E-state index is 12.4. The lowest BCUT2D eigenvalue weighted by atomic mass is 10.2. The minimum atomic E-state index is -3.62. The normalized spacial score (nSPS) is 11.9. The van der Waals surface area contributed by atoms with Gasteiger partial charge in [-0.3, -0.25) is 0 Å². The Balaban J connectivity index is 2.29. The second-order valence-corrected chi connectivity index (χ2v) is 6.78. The van der Waals surface area contributed by atoms with Crippen molar-refractivity contribution in [1.82, 2.24) is 15.0 Å². The molecule has 8 heteroatoms. The van der Waals surface area contributed by atoms with Crippen LogP contribution in [0.3, 0.4) is 0 Å². The van der Waals surface area contributed by atoms with Crippen molar-refractivity contribution in [2.24, 2.45) is 0 Å². The third-order valence-corrected chi connectivity index (χ3v) is 5.11. The summed E-state index contributed by atoms with van der Waals surface area (Å²) in [7, 11) is -1.85. The Kier molecular flexibility index (Phi) is 4.59. The summed E-state index contributed by atoms with van der Waals surface area (Å²) in [6, 6.07) is 0. The lowest BCUT2D eigenvalue weighted by molar-refractivity contribution is 0.493. The van der Waals surface area contributed by atoms with Crippen LogP contribution in [0.4, 0.5) is 0 Å². The molecule has 0 fully saturated rings. The van der Waals surface area contributed by atoms with Crippen LogP contribution >= 0.6 is 11.3 Å². The highest BCUT2D eigenvalue weighted by Crippen LogP contribution is 2.26. The first-order valence-corrected chi connectivity index (χ1v) is 8.48. The summed E-state index contributed by atoms with van der Waals surface area (Å²) in [5, 5.41) is 4.77. The van der Waals surface area contributed by atoms with Gasteiger partial charge in [0.2, 0.25) is 10.0 Å². The molecule has 0 amide bonds. The van der Waals surface area contributed by atoms with Crippen molar-refractivity contribution in [3.8, 4) is 0 Å². The predicted molar refractivity (Wildman–Crippen MR) is 77.1 cm³/mol. The van der Waals surface area contributed by atoms with Crippen LogP contribution < -0.4 is 10.0 Å².